The Bertz CT molecular complexity index is 374. The summed E-state index contributed by atoms with van der Waals surface area (Å²) in [5.41, 5.74) is 1.86. The molecule has 1 aromatic carbocycles. The Kier molecular flexibility index (Phi) is 4.43. The van der Waals surface area contributed by atoms with Crippen molar-refractivity contribution in [3.05, 3.63) is 29.6 Å². The monoisotopic (exact) mass is 299 g/mol. The van der Waals surface area contributed by atoms with Gasteiger partial charge in [0.1, 0.15) is 5.82 Å². The van der Waals surface area contributed by atoms with Crippen molar-refractivity contribution in [3.8, 4) is 0 Å². The van der Waals surface area contributed by atoms with Crippen molar-refractivity contribution < 1.29 is 4.39 Å². The topological polar surface area (TPSA) is 3.24 Å². The van der Waals surface area contributed by atoms with Gasteiger partial charge in [-0.15, -0.1) is 0 Å². The summed E-state index contributed by atoms with van der Waals surface area (Å²) in [6.07, 6.45) is 5.10. The van der Waals surface area contributed by atoms with Gasteiger partial charge in [-0.25, -0.2) is 4.39 Å². The predicted octanol–water partition coefficient (Wildman–Crippen LogP) is 4.49. The lowest BCUT2D eigenvalue weighted by molar-refractivity contribution is 0.598. The lowest BCUT2D eigenvalue weighted by atomic mass is 10.1. The standard InChI is InChI=1S/C14H19BrFN/c1-2-17(11-6-3-4-7-11)14-9-5-8-13(16)12(14)10-15/h5,8-9,11H,2-4,6-7,10H2,1H3. The fourth-order valence-corrected chi connectivity index (χ4v) is 3.34. The van der Waals surface area contributed by atoms with Crippen molar-refractivity contribution in [2.45, 2.75) is 44.0 Å². The van der Waals surface area contributed by atoms with Crippen LogP contribution < -0.4 is 4.90 Å². The summed E-state index contributed by atoms with van der Waals surface area (Å²) in [4.78, 5) is 2.37. The highest BCUT2D eigenvalue weighted by Gasteiger charge is 2.23. The van der Waals surface area contributed by atoms with Gasteiger partial charge in [-0.2, -0.15) is 0 Å². The molecule has 0 aromatic heterocycles. The van der Waals surface area contributed by atoms with Gasteiger partial charge in [-0.05, 0) is 31.9 Å². The van der Waals surface area contributed by atoms with Crippen LogP contribution in [0.1, 0.15) is 38.2 Å². The van der Waals surface area contributed by atoms with Crippen LogP contribution in [0.2, 0.25) is 0 Å². The molecule has 3 heteroatoms. The van der Waals surface area contributed by atoms with E-state index in [-0.39, 0.29) is 5.82 Å². The molecule has 1 aliphatic carbocycles. The quantitative estimate of drug-likeness (QED) is 0.741. The van der Waals surface area contributed by atoms with Crippen LogP contribution in [0, 0.1) is 5.82 Å². The summed E-state index contributed by atoms with van der Waals surface area (Å²) in [6.45, 7) is 3.11. The Morgan fingerprint density at radius 3 is 2.65 bits per heavy atom. The second kappa shape index (κ2) is 5.85. The van der Waals surface area contributed by atoms with Crippen molar-refractivity contribution in [3.63, 3.8) is 0 Å². The minimum Gasteiger partial charge on any atom is -0.368 e. The maximum absolute atomic E-state index is 13.8. The van der Waals surface area contributed by atoms with Gasteiger partial charge in [0.15, 0.2) is 0 Å². The van der Waals surface area contributed by atoms with Crippen molar-refractivity contribution in [2.75, 3.05) is 11.4 Å². The number of alkyl halides is 1. The van der Waals surface area contributed by atoms with Crippen LogP contribution in [0.3, 0.4) is 0 Å². The molecule has 0 bridgehead atoms. The van der Waals surface area contributed by atoms with E-state index in [1.165, 1.54) is 25.7 Å². The van der Waals surface area contributed by atoms with Gasteiger partial charge < -0.3 is 4.90 Å². The minimum absolute atomic E-state index is 0.101. The van der Waals surface area contributed by atoms with E-state index in [1.54, 1.807) is 6.07 Å². The van der Waals surface area contributed by atoms with Crippen LogP contribution in [0.5, 0.6) is 0 Å². The molecule has 0 amide bonds. The molecule has 2 rings (SSSR count). The third-order valence-corrected chi connectivity index (χ3v) is 4.20. The van der Waals surface area contributed by atoms with Crippen molar-refractivity contribution in [2.24, 2.45) is 0 Å². The molecular weight excluding hydrogens is 281 g/mol. The third kappa shape index (κ3) is 2.65. The van der Waals surface area contributed by atoms with Gasteiger partial charge >= 0.3 is 0 Å². The lowest BCUT2D eigenvalue weighted by Crippen LogP contribution is -2.33. The van der Waals surface area contributed by atoms with E-state index in [0.29, 0.717) is 11.4 Å². The van der Waals surface area contributed by atoms with Crippen molar-refractivity contribution in [1.29, 1.82) is 0 Å². The maximum atomic E-state index is 13.8. The fourth-order valence-electron chi connectivity index (χ4n) is 2.79. The second-order valence-electron chi connectivity index (χ2n) is 4.60. The first-order valence-corrected chi connectivity index (χ1v) is 7.50. The first kappa shape index (κ1) is 12.9. The Morgan fingerprint density at radius 1 is 1.35 bits per heavy atom. The predicted molar refractivity (Wildman–Crippen MR) is 74.3 cm³/mol. The average molecular weight is 300 g/mol. The zero-order chi connectivity index (χ0) is 12.3. The van der Waals surface area contributed by atoms with Gasteiger partial charge in [0.25, 0.3) is 0 Å². The molecule has 0 spiro atoms. The van der Waals surface area contributed by atoms with E-state index in [4.69, 9.17) is 0 Å². The van der Waals surface area contributed by atoms with Crippen LogP contribution in [-0.4, -0.2) is 12.6 Å². The van der Waals surface area contributed by atoms with E-state index in [9.17, 15) is 4.39 Å². The van der Waals surface area contributed by atoms with Crippen LogP contribution in [0.4, 0.5) is 10.1 Å². The number of benzene rings is 1. The molecule has 0 N–H and O–H groups in total. The molecule has 0 heterocycles. The van der Waals surface area contributed by atoms with E-state index < -0.39 is 0 Å². The summed E-state index contributed by atoms with van der Waals surface area (Å²) in [7, 11) is 0. The highest BCUT2D eigenvalue weighted by Crippen LogP contribution is 2.32. The molecule has 0 unspecified atom stereocenters. The molecule has 17 heavy (non-hydrogen) atoms. The number of anilines is 1. The summed E-state index contributed by atoms with van der Waals surface area (Å²) in [6, 6.07) is 6.00. The first-order valence-electron chi connectivity index (χ1n) is 6.38. The number of halogens is 2. The molecule has 0 aliphatic heterocycles. The zero-order valence-corrected chi connectivity index (χ0v) is 11.8. The normalized spacial score (nSPS) is 16.4. The second-order valence-corrected chi connectivity index (χ2v) is 5.16. The van der Waals surface area contributed by atoms with Crippen LogP contribution >= 0.6 is 15.9 Å². The fraction of sp³-hybridized carbons (Fsp3) is 0.571. The molecular formula is C14H19BrFN. The molecule has 1 aliphatic rings. The number of rotatable bonds is 4. The van der Waals surface area contributed by atoms with Crippen molar-refractivity contribution >= 4 is 21.6 Å². The van der Waals surface area contributed by atoms with Gasteiger partial charge in [-0.1, -0.05) is 34.8 Å². The van der Waals surface area contributed by atoms with Crippen LogP contribution in [-0.2, 0) is 5.33 Å². The molecule has 0 atom stereocenters. The highest BCUT2D eigenvalue weighted by molar-refractivity contribution is 9.08. The maximum Gasteiger partial charge on any atom is 0.129 e. The summed E-state index contributed by atoms with van der Waals surface area (Å²) in [5.74, 6) is -0.101. The highest BCUT2D eigenvalue weighted by atomic mass is 79.9. The summed E-state index contributed by atoms with van der Waals surface area (Å²) < 4.78 is 13.8. The van der Waals surface area contributed by atoms with Crippen LogP contribution in [0.15, 0.2) is 18.2 Å². The zero-order valence-electron chi connectivity index (χ0n) is 10.3. The minimum atomic E-state index is -0.101. The van der Waals surface area contributed by atoms with E-state index in [2.05, 4.69) is 27.8 Å². The molecule has 1 aromatic rings. The third-order valence-electron chi connectivity index (χ3n) is 3.64. The van der Waals surface area contributed by atoms with Gasteiger partial charge in [0, 0.05) is 29.2 Å². The molecule has 1 nitrogen and oxygen atoms in total. The number of nitrogens with zero attached hydrogens (tertiary/aromatic N) is 1. The molecule has 0 radical (unpaired) electrons. The van der Waals surface area contributed by atoms with Gasteiger partial charge in [0.2, 0.25) is 0 Å². The van der Waals surface area contributed by atoms with Crippen molar-refractivity contribution in [1.82, 2.24) is 0 Å². The van der Waals surface area contributed by atoms with Crippen LogP contribution in [0.25, 0.3) is 0 Å². The van der Waals surface area contributed by atoms with E-state index in [1.807, 2.05) is 12.1 Å². The average Bonchev–Trinajstić information content (AvgIpc) is 2.84. The number of hydrogen-bond donors (Lipinski definition) is 0. The molecule has 1 fully saturated rings. The van der Waals surface area contributed by atoms with E-state index in [0.717, 1.165) is 17.8 Å². The Hall–Kier alpha value is -0.570. The number of hydrogen-bond acceptors (Lipinski definition) is 1. The van der Waals surface area contributed by atoms with E-state index >= 15 is 0 Å². The molecule has 94 valence electrons. The van der Waals surface area contributed by atoms with Gasteiger partial charge in [0.05, 0.1) is 0 Å². The largest absolute Gasteiger partial charge is 0.368 e. The molecule has 0 saturated heterocycles. The summed E-state index contributed by atoms with van der Waals surface area (Å²) in [5, 5.41) is 0.582. The smallest absolute Gasteiger partial charge is 0.129 e. The molecule has 1 saturated carbocycles. The Balaban J connectivity index is 2.32. The van der Waals surface area contributed by atoms with Gasteiger partial charge in [-0.3, -0.25) is 0 Å². The lowest BCUT2D eigenvalue weighted by Gasteiger charge is -2.31. The Labute approximate surface area is 111 Å². The SMILES string of the molecule is CCN(c1cccc(F)c1CBr)C1CCCC1. The summed E-state index contributed by atoms with van der Waals surface area (Å²) >= 11 is 3.40. The Morgan fingerprint density at radius 2 is 2.06 bits per heavy atom. The first-order chi connectivity index (χ1) is 8.27.